The first-order valence-corrected chi connectivity index (χ1v) is 8.93. The molecule has 0 spiro atoms. The molecule has 0 atom stereocenters. The number of piperidine rings is 1. The highest BCUT2D eigenvalue weighted by Crippen LogP contribution is 2.39. The summed E-state index contributed by atoms with van der Waals surface area (Å²) >= 11 is 0. The third-order valence-electron chi connectivity index (χ3n) is 5.37. The third kappa shape index (κ3) is 3.33. The van der Waals surface area contributed by atoms with Gasteiger partial charge < -0.3 is 4.90 Å². The van der Waals surface area contributed by atoms with Crippen LogP contribution < -0.4 is 0 Å². The van der Waals surface area contributed by atoms with Crippen LogP contribution in [-0.4, -0.2) is 45.2 Å². The number of hydrogen-bond donors (Lipinski definition) is 1. The SMILES string of the molecule is c1ccc(CCN2CCC(c3ccccc3)(c3nn[nH]n3)CC2)cc1. The molecule has 1 N–H and O–H groups in total. The fourth-order valence-electron chi connectivity index (χ4n) is 3.85. The van der Waals surface area contributed by atoms with Crippen molar-refractivity contribution < 1.29 is 0 Å². The van der Waals surface area contributed by atoms with Gasteiger partial charge in [-0.3, -0.25) is 0 Å². The lowest BCUT2D eigenvalue weighted by molar-refractivity contribution is 0.176. The highest BCUT2D eigenvalue weighted by molar-refractivity contribution is 5.33. The van der Waals surface area contributed by atoms with Gasteiger partial charge in [0.05, 0.1) is 5.41 Å². The summed E-state index contributed by atoms with van der Waals surface area (Å²) in [6, 6.07) is 21.3. The minimum atomic E-state index is -0.127. The summed E-state index contributed by atoms with van der Waals surface area (Å²) in [6.45, 7) is 3.20. The van der Waals surface area contributed by atoms with Gasteiger partial charge in [-0.25, -0.2) is 0 Å². The number of nitrogens with zero attached hydrogens (tertiary/aromatic N) is 4. The lowest BCUT2D eigenvalue weighted by Gasteiger charge is -2.40. The summed E-state index contributed by atoms with van der Waals surface area (Å²) in [4.78, 5) is 2.55. The van der Waals surface area contributed by atoms with Gasteiger partial charge in [-0.05, 0) is 43.5 Å². The Labute approximate surface area is 148 Å². The number of tetrazole rings is 1. The molecule has 1 fully saturated rings. The molecule has 4 rings (SSSR count). The van der Waals surface area contributed by atoms with Crippen LogP contribution in [0.25, 0.3) is 0 Å². The van der Waals surface area contributed by atoms with E-state index in [4.69, 9.17) is 0 Å². The van der Waals surface area contributed by atoms with E-state index in [1.165, 1.54) is 11.1 Å². The number of H-pyrrole nitrogens is 1. The first kappa shape index (κ1) is 16.0. The van der Waals surface area contributed by atoms with Gasteiger partial charge in [0.15, 0.2) is 5.82 Å². The quantitative estimate of drug-likeness (QED) is 0.780. The molecule has 1 aliphatic rings. The number of nitrogens with one attached hydrogen (secondary N) is 1. The van der Waals surface area contributed by atoms with Crippen LogP contribution in [0.2, 0.25) is 0 Å². The van der Waals surface area contributed by atoms with E-state index in [0.29, 0.717) is 0 Å². The summed E-state index contributed by atoms with van der Waals surface area (Å²) in [6.07, 6.45) is 3.14. The Morgan fingerprint density at radius 2 is 1.60 bits per heavy atom. The summed E-state index contributed by atoms with van der Waals surface area (Å²) in [5.41, 5.74) is 2.57. The molecule has 2 aromatic carbocycles. The number of aromatic amines is 1. The second-order valence-electron chi connectivity index (χ2n) is 6.76. The number of rotatable bonds is 5. The normalized spacial score (nSPS) is 17.4. The van der Waals surface area contributed by atoms with Crippen molar-refractivity contribution in [2.75, 3.05) is 19.6 Å². The van der Waals surface area contributed by atoms with Crippen LogP contribution in [0.1, 0.15) is 29.8 Å². The Morgan fingerprint density at radius 3 is 2.24 bits per heavy atom. The van der Waals surface area contributed by atoms with Crippen molar-refractivity contribution in [3.63, 3.8) is 0 Å². The summed E-state index contributed by atoms with van der Waals surface area (Å²) in [5, 5.41) is 15.1. The molecule has 0 radical (unpaired) electrons. The Bertz CT molecular complexity index is 762. The summed E-state index contributed by atoms with van der Waals surface area (Å²) in [7, 11) is 0. The lowest BCUT2D eigenvalue weighted by Crippen LogP contribution is -2.44. The maximum atomic E-state index is 4.34. The van der Waals surface area contributed by atoms with E-state index in [-0.39, 0.29) is 5.41 Å². The van der Waals surface area contributed by atoms with Crippen molar-refractivity contribution >= 4 is 0 Å². The van der Waals surface area contributed by atoms with Crippen LogP contribution in [0.4, 0.5) is 0 Å². The second kappa shape index (κ2) is 7.15. The lowest BCUT2D eigenvalue weighted by atomic mass is 9.72. The number of benzene rings is 2. The van der Waals surface area contributed by atoms with E-state index in [1.807, 2.05) is 0 Å². The minimum absolute atomic E-state index is 0.127. The monoisotopic (exact) mass is 333 g/mol. The zero-order chi connectivity index (χ0) is 17.0. The minimum Gasteiger partial charge on any atom is -0.303 e. The molecule has 0 aliphatic carbocycles. The Morgan fingerprint density at radius 1 is 0.920 bits per heavy atom. The van der Waals surface area contributed by atoms with E-state index >= 15 is 0 Å². The molecule has 3 aromatic rings. The van der Waals surface area contributed by atoms with Gasteiger partial charge in [0, 0.05) is 6.54 Å². The Hall–Kier alpha value is -2.53. The first-order chi connectivity index (χ1) is 12.4. The topological polar surface area (TPSA) is 57.7 Å². The standard InChI is InChI=1S/C20H23N5/c1-3-7-17(8-4-1)11-14-25-15-12-20(13-16-25,19-21-23-24-22-19)18-9-5-2-6-10-18/h1-10H,11-16H2,(H,21,22,23,24). The van der Waals surface area contributed by atoms with Crippen LogP contribution in [0.5, 0.6) is 0 Å². The number of aromatic nitrogens is 4. The highest BCUT2D eigenvalue weighted by atomic mass is 15.5. The van der Waals surface area contributed by atoms with E-state index in [1.54, 1.807) is 0 Å². The third-order valence-corrected chi connectivity index (χ3v) is 5.37. The molecule has 2 heterocycles. The molecule has 0 unspecified atom stereocenters. The van der Waals surface area contributed by atoms with Crippen molar-refractivity contribution in [3.8, 4) is 0 Å². The molecule has 0 saturated carbocycles. The van der Waals surface area contributed by atoms with Gasteiger partial charge in [-0.15, -0.1) is 10.2 Å². The molecule has 5 heteroatoms. The first-order valence-electron chi connectivity index (χ1n) is 8.93. The van der Waals surface area contributed by atoms with Gasteiger partial charge in [0.2, 0.25) is 0 Å². The molecular weight excluding hydrogens is 310 g/mol. The predicted octanol–water partition coefficient (Wildman–Crippen LogP) is 2.82. The van der Waals surface area contributed by atoms with Crippen molar-refractivity contribution in [2.24, 2.45) is 0 Å². The van der Waals surface area contributed by atoms with Crippen molar-refractivity contribution in [3.05, 3.63) is 77.6 Å². The average Bonchev–Trinajstić information content (AvgIpc) is 3.24. The molecule has 1 saturated heterocycles. The molecule has 1 aromatic heterocycles. The molecule has 0 amide bonds. The fraction of sp³-hybridized carbons (Fsp3) is 0.350. The van der Waals surface area contributed by atoms with Crippen LogP contribution in [0.3, 0.4) is 0 Å². The van der Waals surface area contributed by atoms with Crippen LogP contribution >= 0.6 is 0 Å². The average molecular weight is 333 g/mol. The zero-order valence-corrected chi connectivity index (χ0v) is 14.3. The highest BCUT2D eigenvalue weighted by Gasteiger charge is 2.41. The van der Waals surface area contributed by atoms with Gasteiger partial charge in [0.25, 0.3) is 0 Å². The maximum absolute atomic E-state index is 4.34. The van der Waals surface area contributed by atoms with Gasteiger partial charge >= 0.3 is 0 Å². The zero-order valence-electron chi connectivity index (χ0n) is 14.3. The van der Waals surface area contributed by atoms with Crippen molar-refractivity contribution in [1.82, 2.24) is 25.5 Å². The van der Waals surface area contributed by atoms with Gasteiger partial charge in [-0.1, -0.05) is 65.9 Å². The fourth-order valence-corrected chi connectivity index (χ4v) is 3.85. The van der Waals surface area contributed by atoms with Crippen LogP contribution in [0.15, 0.2) is 60.7 Å². The van der Waals surface area contributed by atoms with Crippen LogP contribution in [0, 0.1) is 0 Å². The predicted molar refractivity (Wildman–Crippen MR) is 97.2 cm³/mol. The summed E-state index contributed by atoms with van der Waals surface area (Å²) < 4.78 is 0. The van der Waals surface area contributed by atoms with E-state index in [9.17, 15) is 0 Å². The molecule has 0 bridgehead atoms. The van der Waals surface area contributed by atoms with Crippen LogP contribution in [-0.2, 0) is 11.8 Å². The number of likely N-dealkylation sites (tertiary alicyclic amines) is 1. The summed E-state index contributed by atoms with van der Waals surface area (Å²) in [5.74, 6) is 0.821. The van der Waals surface area contributed by atoms with E-state index in [2.05, 4.69) is 86.2 Å². The second-order valence-corrected chi connectivity index (χ2v) is 6.76. The Balaban J connectivity index is 1.47. The van der Waals surface area contributed by atoms with Gasteiger partial charge in [-0.2, -0.15) is 5.21 Å². The largest absolute Gasteiger partial charge is 0.303 e. The molecular formula is C20H23N5. The van der Waals surface area contributed by atoms with Crippen molar-refractivity contribution in [2.45, 2.75) is 24.7 Å². The van der Waals surface area contributed by atoms with Crippen molar-refractivity contribution in [1.29, 1.82) is 0 Å². The Kier molecular flexibility index (Phi) is 4.57. The maximum Gasteiger partial charge on any atom is 0.185 e. The van der Waals surface area contributed by atoms with E-state index < -0.39 is 0 Å². The molecule has 5 nitrogen and oxygen atoms in total. The molecule has 128 valence electrons. The van der Waals surface area contributed by atoms with Gasteiger partial charge in [0.1, 0.15) is 0 Å². The smallest absolute Gasteiger partial charge is 0.185 e. The molecule has 1 aliphatic heterocycles. The van der Waals surface area contributed by atoms with E-state index in [0.717, 1.165) is 44.7 Å². The molecule has 25 heavy (non-hydrogen) atoms. The number of hydrogen-bond acceptors (Lipinski definition) is 4.